The monoisotopic (exact) mass is 417 g/mol. The van der Waals surface area contributed by atoms with Crippen molar-refractivity contribution < 1.29 is 9.53 Å². The fourth-order valence-electron chi connectivity index (χ4n) is 3.59. The molecule has 0 unspecified atom stereocenters. The first-order valence-corrected chi connectivity index (χ1v) is 10.5. The summed E-state index contributed by atoms with van der Waals surface area (Å²) in [4.78, 5) is 28.2. The topological polar surface area (TPSA) is 80.2 Å². The van der Waals surface area contributed by atoms with E-state index in [1.54, 1.807) is 17.3 Å². The molecule has 1 aromatic carbocycles. The molecule has 0 bridgehead atoms. The average molecular weight is 418 g/mol. The third-order valence-electron chi connectivity index (χ3n) is 4.94. The number of likely N-dealkylation sites (tertiary alicyclic amines) is 1. The summed E-state index contributed by atoms with van der Waals surface area (Å²) in [7, 11) is 0. The number of hydrogen-bond donors (Lipinski definition) is 1. The SMILES string of the molecule is CC(C)(C)OC(=O)N1CCC[C@@H]1c1nc(Nc2ccccc2)cc(-c2ccncc2)n1. The molecule has 1 N–H and O–H groups in total. The largest absolute Gasteiger partial charge is 0.444 e. The fraction of sp³-hybridized carbons (Fsp3) is 0.333. The average Bonchev–Trinajstić information content (AvgIpc) is 3.24. The number of amides is 1. The summed E-state index contributed by atoms with van der Waals surface area (Å²) in [5.74, 6) is 1.29. The van der Waals surface area contributed by atoms with E-state index in [1.165, 1.54) is 0 Å². The minimum absolute atomic E-state index is 0.229. The molecule has 31 heavy (non-hydrogen) atoms. The Labute approximate surface area is 182 Å². The summed E-state index contributed by atoms with van der Waals surface area (Å²) in [6.45, 7) is 6.25. The van der Waals surface area contributed by atoms with Crippen LogP contribution in [0.3, 0.4) is 0 Å². The van der Waals surface area contributed by atoms with Gasteiger partial charge in [0, 0.05) is 36.3 Å². The van der Waals surface area contributed by atoms with Crippen LogP contribution < -0.4 is 5.32 Å². The van der Waals surface area contributed by atoms with Gasteiger partial charge >= 0.3 is 6.09 Å². The van der Waals surface area contributed by atoms with Crippen LogP contribution in [-0.2, 0) is 4.74 Å². The number of nitrogens with zero attached hydrogens (tertiary/aromatic N) is 4. The molecule has 3 heterocycles. The van der Waals surface area contributed by atoms with Crippen LogP contribution in [0.5, 0.6) is 0 Å². The molecule has 3 aromatic rings. The molecule has 7 heteroatoms. The minimum atomic E-state index is -0.552. The number of rotatable bonds is 4. The summed E-state index contributed by atoms with van der Waals surface area (Å²) < 4.78 is 5.62. The molecule has 160 valence electrons. The lowest BCUT2D eigenvalue weighted by Crippen LogP contribution is -2.37. The molecular weight excluding hydrogens is 390 g/mol. The first kappa shape index (κ1) is 20.8. The van der Waals surface area contributed by atoms with Crippen LogP contribution in [0, 0.1) is 0 Å². The number of anilines is 2. The molecule has 0 aliphatic carbocycles. The van der Waals surface area contributed by atoms with Crippen LogP contribution in [0.1, 0.15) is 45.5 Å². The summed E-state index contributed by atoms with van der Waals surface area (Å²) in [6.07, 6.45) is 4.83. The number of carbonyl (C=O) groups is 1. The van der Waals surface area contributed by atoms with Crippen molar-refractivity contribution in [1.82, 2.24) is 19.9 Å². The van der Waals surface area contributed by atoms with Crippen molar-refractivity contribution in [3.63, 3.8) is 0 Å². The van der Waals surface area contributed by atoms with Crippen molar-refractivity contribution in [2.75, 3.05) is 11.9 Å². The van der Waals surface area contributed by atoms with Crippen LogP contribution in [0.25, 0.3) is 11.3 Å². The molecule has 1 saturated heterocycles. The van der Waals surface area contributed by atoms with E-state index in [1.807, 2.05) is 69.3 Å². The molecular formula is C24H27N5O2. The van der Waals surface area contributed by atoms with Gasteiger partial charge < -0.3 is 10.1 Å². The lowest BCUT2D eigenvalue weighted by molar-refractivity contribution is 0.0218. The van der Waals surface area contributed by atoms with Crippen LogP contribution >= 0.6 is 0 Å². The lowest BCUT2D eigenvalue weighted by atomic mass is 10.1. The van der Waals surface area contributed by atoms with Gasteiger partial charge in [-0.1, -0.05) is 18.2 Å². The Morgan fingerprint density at radius 3 is 2.55 bits per heavy atom. The van der Waals surface area contributed by atoms with Crippen LogP contribution in [-0.4, -0.2) is 38.1 Å². The molecule has 4 rings (SSSR count). The highest BCUT2D eigenvalue weighted by Gasteiger charge is 2.35. The van der Waals surface area contributed by atoms with Crippen molar-refractivity contribution in [3.8, 4) is 11.3 Å². The fourth-order valence-corrected chi connectivity index (χ4v) is 3.59. The second-order valence-corrected chi connectivity index (χ2v) is 8.56. The summed E-state index contributed by atoms with van der Waals surface area (Å²) in [5, 5.41) is 3.36. The number of para-hydroxylation sites is 1. The van der Waals surface area contributed by atoms with Crippen LogP contribution in [0.4, 0.5) is 16.3 Å². The number of aromatic nitrogens is 3. The third kappa shape index (κ3) is 5.17. The van der Waals surface area contributed by atoms with Gasteiger partial charge in [0.05, 0.1) is 11.7 Å². The third-order valence-corrected chi connectivity index (χ3v) is 4.94. The van der Waals surface area contributed by atoms with E-state index in [4.69, 9.17) is 14.7 Å². The maximum atomic E-state index is 12.8. The zero-order valence-corrected chi connectivity index (χ0v) is 18.1. The van der Waals surface area contributed by atoms with Gasteiger partial charge in [-0.25, -0.2) is 14.8 Å². The zero-order chi connectivity index (χ0) is 21.8. The highest BCUT2D eigenvalue weighted by molar-refractivity contribution is 5.70. The molecule has 0 spiro atoms. The number of carbonyl (C=O) groups excluding carboxylic acids is 1. The van der Waals surface area contributed by atoms with E-state index in [2.05, 4.69) is 10.3 Å². The maximum absolute atomic E-state index is 12.8. The normalized spacial score (nSPS) is 16.2. The van der Waals surface area contributed by atoms with Crippen molar-refractivity contribution in [3.05, 3.63) is 66.7 Å². The second-order valence-electron chi connectivity index (χ2n) is 8.56. The quantitative estimate of drug-likeness (QED) is 0.616. The van der Waals surface area contributed by atoms with Crippen LogP contribution in [0.15, 0.2) is 60.9 Å². The number of nitrogens with one attached hydrogen (secondary N) is 1. The first-order chi connectivity index (χ1) is 14.9. The molecule has 1 aliphatic rings. The molecule has 1 fully saturated rings. The predicted octanol–water partition coefficient (Wildman–Crippen LogP) is 5.35. The first-order valence-electron chi connectivity index (χ1n) is 10.5. The van der Waals surface area contributed by atoms with Crippen LogP contribution in [0.2, 0.25) is 0 Å². The maximum Gasteiger partial charge on any atom is 0.410 e. The molecule has 1 aliphatic heterocycles. The summed E-state index contributed by atoms with van der Waals surface area (Å²) in [5.41, 5.74) is 2.10. The van der Waals surface area contributed by atoms with Gasteiger partial charge in [-0.2, -0.15) is 0 Å². The van der Waals surface area contributed by atoms with Crippen molar-refractivity contribution in [2.24, 2.45) is 0 Å². The lowest BCUT2D eigenvalue weighted by Gasteiger charge is -2.28. The van der Waals surface area contributed by atoms with Gasteiger partial charge in [0.2, 0.25) is 0 Å². The smallest absolute Gasteiger partial charge is 0.410 e. The molecule has 0 saturated carbocycles. The van der Waals surface area contributed by atoms with Gasteiger partial charge in [-0.15, -0.1) is 0 Å². The Bertz CT molecular complexity index is 1030. The predicted molar refractivity (Wildman–Crippen MR) is 120 cm³/mol. The molecule has 1 amide bonds. The van der Waals surface area contributed by atoms with Crippen molar-refractivity contribution in [1.29, 1.82) is 0 Å². The highest BCUT2D eigenvalue weighted by Crippen LogP contribution is 2.33. The summed E-state index contributed by atoms with van der Waals surface area (Å²) >= 11 is 0. The van der Waals surface area contributed by atoms with E-state index < -0.39 is 5.60 Å². The standard InChI is InChI=1S/C24H27N5O2/c1-24(2,3)31-23(30)29-15-7-10-20(29)22-27-19(17-11-13-25-14-12-17)16-21(28-22)26-18-8-5-4-6-9-18/h4-6,8-9,11-14,16,20H,7,10,15H2,1-3H3,(H,26,27,28)/t20-/m1/s1. The van der Waals surface area contributed by atoms with E-state index >= 15 is 0 Å². The molecule has 2 aromatic heterocycles. The zero-order valence-electron chi connectivity index (χ0n) is 18.1. The second kappa shape index (κ2) is 8.71. The van der Waals surface area contributed by atoms with E-state index in [-0.39, 0.29) is 12.1 Å². The number of pyridine rings is 1. The molecule has 0 radical (unpaired) electrons. The van der Waals surface area contributed by atoms with Gasteiger partial charge in [-0.3, -0.25) is 9.88 Å². The highest BCUT2D eigenvalue weighted by atomic mass is 16.6. The Hall–Kier alpha value is -3.48. The number of ether oxygens (including phenoxy) is 1. The van der Waals surface area contributed by atoms with Gasteiger partial charge in [0.1, 0.15) is 11.4 Å². The molecule has 7 nitrogen and oxygen atoms in total. The number of benzene rings is 1. The Morgan fingerprint density at radius 2 is 1.84 bits per heavy atom. The van der Waals surface area contributed by atoms with Crippen molar-refractivity contribution >= 4 is 17.6 Å². The minimum Gasteiger partial charge on any atom is -0.444 e. The summed E-state index contributed by atoms with van der Waals surface area (Å²) in [6, 6.07) is 15.4. The van der Waals surface area contributed by atoms with Gasteiger partial charge in [-0.05, 0) is 57.9 Å². The number of hydrogen-bond acceptors (Lipinski definition) is 6. The van der Waals surface area contributed by atoms with Gasteiger partial charge in [0.15, 0.2) is 5.82 Å². The molecule has 1 atom stereocenters. The van der Waals surface area contributed by atoms with E-state index in [0.717, 1.165) is 29.8 Å². The van der Waals surface area contributed by atoms with Crippen molar-refractivity contribution in [2.45, 2.75) is 45.3 Å². The Morgan fingerprint density at radius 1 is 1.10 bits per heavy atom. The van der Waals surface area contributed by atoms with Gasteiger partial charge in [0.25, 0.3) is 0 Å². The Balaban J connectivity index is 1.70. The Kier molecular flexibility index (Phi) is 5.84. The van der Waals surface area contributed by atoms with E-state index in [9.17, 15) is 4.79 Å². The van der Waals surface area contributed by atoms with E-state index in [0.29, 0.717) is 18.2 Å².